The first-order valence-corrected chi connectivity index (χ1v) is 5.35. The SMILES string of the molecule is CC1CN(C2=CC(=O)CC2)CCN1C. The van der Waals surface area contributed by atoms with Gasteiger partial charge in [-0.2, -0.15) is 0 Å². The Bertz CT molecular complexity index is 272. The molecule has 0 bridgehead atoms. The van der Waals surface area contributed by atoms with Crippen LogP contribution in [0.25, 0.3) is 0 Å². The van der Waals surface area contributed by atoms with Gasteiger partial charge in [-0.3, -0.25) is 4.79 Å². The average molecular weight is 194 g/mol. The van der Waals surface area contributed by atoms with Crippen LogP contribution in [0.15, 0.2) is 11.8 Å². The van der Waals surface area contributed by atoms with Crippen LogP contribution in [-0.4, -0.2) is 48.3 Å². The normalized spacial score (nSPS) is 29.6. The molecule has 1 saturated heterocycles. The zero-order valence-corrected chi connectivity index (χ0v) is 8.99. The number of piperazine rings is 1. The number of carbonyl (C=O) groups excluding carboxylic acids is 1. The highest BCUT2D eigenvalue weighted by molar-refractivity contribution is 5.92. The molecule has 2 aliphatic rings. The molecule has 2 rings (SSSR count). The molecular weight excluding hydrogens is 176 g/mol. The van der Waals surface area contributed by atoms with Gasteiger partial charge in [-0.15, -0.1) is 0 Å². The zero-order valence-electron chi connectivity index (χ0n) is 8.99. The summed E-state index contributed by atoms with van der Waals surface area (Å²) in [4.78, 5) is 15.9. The molecule has 0 saturated carbocycles. The third-order valence-corrected chi connectivity index (χ3v) is 3.32. The van der Waals surface area contributed by atoms with E-state index >= 15 is 0 Å². The summed E-state index contributed by atoms with van der Waals surface area (Å²) < 4.78 is 0. The van der Waals surface area contributed by atoms with Crippen molar-refractivity contribution in [1.29, 1.82) is 0 Å². The Morgan fingerprint density at radius 2 is 2.14 bits per heavy atom. The second-order valence-electron chi connectivity index (χ2n) is 4.38. The monoisotopic (exact) mass is 194 g/mol. The van der Waals surface area contributed by atoms with Crippen molar-refractivity contribution in [2.45, 2.75) is 25.8 Å². The maximum atomic E-state index is 11.1. The quantitative estimate of drug-likeness (QED) is 0.619. The van der Waals surface area contributed by atoms with Crippen molar-refractivity contribution >= 4 is 5.78 Å². The lowest BCUT2D eigenvalue weighted by molar-refractivity contribution is -0.114. The molecule has 1 aliphatic carbocycles. The minimum atomic E-state index is 0.298. The van der Waals surface area contributed by atoms with E-state index in [2.05, 4.69) is 23.8 Å². The fourth-order valence-corrected chi connectivity index (χ4v) is 2.14. The minimum absolute atomic E-state index is 0.298. The summed E-state index contributed by atoms with van der Waals surface area (Å²) in [5.74, 6) is 0.298. The number of hydrogen-bond donors (Lipinski definition) is 0. The molecule has 1 unspecified atom stereocenters. The van der Waals surface area contributed by atoms with Crippen molar-refractivity contribution in [3.05, 3.63) is 11.8 Å². The molecule has 1 atom stereocenters. The number of carbonyl (C=O) groups is 1. The second-order valence-corrected chi connectivity index (χ2v) is 4.38. The highest BCUT2D eigenvalue weighted by Gasteiger charge is 2.24. The van der Waals surface area contributed by atoms with E-state index in [0.717, 1.165) is 32.5 Å². The van der Waals surface area contributed by atoms with Crippen molar-refractivity contribution in [2.75, 3.05) is 26.7 Å². The molecule has 3 heteroatoms. The molecule has 0 amide bonds. The van der Waals surface area contributed by atoms with Gasteiger partial charge in [0.2, 0.25) is 0 Å². The van der Waals surface area contributed by atoms with Crippen LogP contribution in [0.2, 0.25) is 0 Å². The lowest BCUT2D eigenvalue weighted by Crippen LogP contribution is -2.49. The van der Waals surface area contributed by atoms with E-state index in [4.69, 9.17) is 0 Å². The maximum Gasteiger partial charge on any atom is 0.157 e. The van der Waals surface area contributed by atoms with Crippen molar-refractivity contribution < 1.29 is 4.79 Å². The molecule has 0 aromatic rings. The molecule has 3 nitrogen and oxygen atoms in total. The van der Waals surface area contributed by atoms with Gasteiger partial charge in [-0.1, -0.05) is 0 Å². The average Bonchev–Trinajstić information content (AvgIpc) is 2.57. The molecule has 0 N–H and O–H groups in total. The number of nitrogens with zero attached hydrogens (tertiary/aromatic N) is 2. The number of rotatable bonds is 1. The van der Waals surface area contributed by atoms with E-state index in [-0.39, 0.29) is 0 Å². The molecule has 78 valence electrons. The van der Waals surface area contributed by atoms with Crippen LogP contribution in [0.3, 0.4) is 0 Å². The summed E-state index contributed by atoms with van der Waals surface area (Å²) in [5.41, 5.74) is 1.26. The summed E-state index contributed by atoms with van der Waals surface area (Å²) in [6.45, 7) is 5.48. The first-order valence-electron chi connectivity index (χ1n) is 5.35. The molecular formula is C11H18N2O. The van der Waals surface area contributed by atoms with Crippen molar-refractivity contribution in [3.8, 4) is 0 Å². The molecule has 14 heavy (non-hydrogen) atoms. The van der Waals surface area contributed by atoms with Gasteiger partial charge in [-0.25, -0.2) is 0 Å². The Kier molecular flexibility index (Phi) is 2.59. The van der Waals surface area contributed by atoms with Gasteiger partial charge in [0, 0.05) is 43.9 Å². The van der Waals surface area contributed by atoms with Crippen LogP contribution in [-0.2, 0) is 4.79 Å². The second kappa shape index (κ2) is 3.73. The number of ketones is 1. The summed E-state index contributed by atoms with van der Waals surface area (Å²) in [6, 6.07) is 0.598. The van der Waals surface area contributed by atoms with Gasteiger partial charge < -0.3 is 9.80 Å². The Hall–Kier alpha value is -0.830. The molecule has 1 aliphatic heterocycles. The van der Waals surface area contributed by atoms with Gasteiger partial charge >= 0.3 is 0 Å². The maximum absolute atomic E-state index is 11.1. The number of likely N-dealkylation sites (N-methyl/N-ethyl adjacent to an activating group) is 1. The zero-order chi connectivity index (χ0) is 10.1. The van der Waals surface area contributed by atoms with E-state index in [9.17, 15) is 4.79 Å². The van der Waals surface area contributed by atoms with E-state index in [1.54, 1.807) is 0 Å². The predicted molar refractivity (Wildman–Crippen MR) is 56.0 cm³/mol. The van der Waals surface area contributed by atoms with Crippen molar-refractivity contribution in [3.63, 3.8) is 0 Å². The first-order chi connectivity index (χ1) is 6.66. The third kappa shape index (κ3) is 1.82. The first kappa shape index (κ1) is 9.71. The summed E-state index contributed by atoms with van der Waals surface area (Å²) in [5, 5.41) is 0. The van der Waals surface area contributed by atoms with E-state index in [0.29, 0.717) is 11.8 Å². The number of allylic oxidation sites excluding steroid dienone is 2. The highest BCUT2D eigenvalue weighted by Crippen LogP contribution is 2.21. The fourth-order valence-electron chi connectivity index (χ4n) is 2.14. The summed E-state index contributed by atoms with van der Waals surface area (Å²) in [6.07, 6.45) is 3.50. The molecule has 0 spiro atoms. The largest absolute Gasteiger partial charge is 0.372 e. The standard InChI is InChI=1S/C11H18N2O/c1-9-8-13(6-5-12(9)2)10-3-4-11(14)7-10/h7,9H,3-6,8H2,1-2H3. The van der Waals surface area contributed by atoms with Crippen LogP contribution in [0.5, 0.6) is 0 Å². The van der Waals surface area contributed by atoms with Gasteiger partial charge in [-0.05, 0) is 20.4 Å². The summed E-state index contributed by atoms with van der Waals surface area (Å²) >= 11 is 0. The molecule has 0 aromatic carbocycles. The Labute approximate surface area is 85.4 Å². The Morgan fingerprint density at radius 1 is 1.36 bits per heavy atom. The van der Waals surface area contributed by atoms with Gasteiger partial charge in [0.1, 0.15) is 0 Å². The lowest BCUT2D eigenvalue weighted by atomic mass is 10.2. The lowest BCUT2D eigenvalue weighted by Gasteiger charge is -2.39. The van der Waals surface area contributed by atoms with Crippen molar-refractivity contribution in [1.82, 2.24) is 9.80 Å². The topological polar surface area (TPSA) is 23.6 Å². The van der Waals surface area contributed by atoms with Crippen LogP contribution >= 0.6 is 0 Å². The van der Waals surface area contributed by atoms with E-state index in [1.807, 2.05) is 6.08 Å². The third-order valence-electron chi connectivity index (χ3n) is 3.32. The van der Waals surface area contributed by atoms with Crippen LogP contribution in [0.4, 0.5) is 0 Å². The van der Waals surface area contributed by atoms with Gasteiger partial charge in [0.15, 0.2) is 5.78 Å². The Morgan fingerprint density at radius 3 is 2.71 bits per heavy atom. The predicted octanol–water partition coefficient (Wildman–Crippen LogP) is 0.869. The van der Waals surface area contributed by atoms with E-state index < -0.39 is 0 Å². The molecule has 0 radical (unpaired) electrons. The smallest absolute Gasteiger partial charge is 0.157 e. The molecule has 0 aromatic heterocycles. The van der Waals surface area contributed by atoms with Crippen LogP contribution < -0.4 is 0 Å². The van der Waals surface area contributed by atoms with E-state index in [1.165, 1.54) is 5.70 Å². The summed E-state index contributed by atoms with van der Waals surface area (Å²) in [7, 11) is 2.16. The van der Waals surface area contributed by atoms with Crippen LogP contribution in [0.1, 0.15) is 19.8 Å². The Balaban J connectivity index is 2.00. The van der Waals surface area contributed by atoms with Crippen LogP contribution in [0, 0.1) is 0 Å². The fraction of sp³-hybridized carbons (Fsp3) is 0.727. The molecule has 1 fully saturated rings. The van der Waals surface area contributed by atoms with Crippen molar-refractivity contribution in [2.24, 2.45) is 0 Å². The van der Waals surface area contributed by atoms with Gasteiger partial charge in [0.05, 0.1) is 0 Å². The minimum Gasteiger partial charge on any atom is -0.372 e. The highest BCUT2D eigenvalue weighted by atomic mass is 16.1. The van der Waals surface area contributed by atoms with Gasteiger partial charge in [0.25, 0.3) is 0 Å². The molecule has 1 heterocycles. The number of hydrogen-bond acceptors (Lipinski definition) is 3.